The molecule has 8 nitrogen and oxygen atoms in total. The van der Waals surface area contributed by atoms with Gasteiger partial charge in [-0.25, -0.2) is 8.42 Å². The molecule has 0 spiro atoms. The summed E-state index contributed by atoms with van der Waals surface area (Å²) < 4.78 is 33.4. The van der Waals surface area contributed by atoms with Gasteiger partial charge in [-0.2, -0.15) is 4.31 Å². The summed E-state index contributed by atoms with van der Waals surface area (Å²) in [5.41, 5.74) is 1.30. The molecule has 35 heavy (non-hydrogen) atoms. The Bertz CT molecular complexity index is 1160. The average Bonchev–Trinajstić information content (AvgIpc) is 3.06. The van der Waals surface area contributed by atoms with Crippen molar-refractivity contribution in [3.8, 4) is 5.75 Å². The Labute approximate surface area is 207 Å². The lowest BCUT2D eigenvalue weighted by molar-refractivity contribution is -0.129. The van der Waals surface area contributed by atoms with Crippen molar-refractivity contribution in [2.45, 2.75) is 50.0 Å². The molecule has 0 radical (unpaired) electrons. The first-order valence-corrected chi connectivity index (χ1v) is 13.6. The van der Waals surface area contributed by atoms with Crippen molar-refractivity contribution >= 4 is 27.5 Å². The number of nitrogens with zero attached hydrogens (tertiary/aromatic N) is 2. The van der Waals surface area contributed by atoms with Crippen LogP contribution in [-0.4, -0.2) is 56.2 Å². The lowest BCUT2D eigenvalue weighted by atomic mass is 10.1. The number of carbonyl (C=O) groups is 2. The van der Waals surface area contributed by atoms with E-state index in [1.165, 1.54) is 23.5 Å². The Balaban J connectivity index is 1.50. The number of benzene rings is 2. The van der Waals surface area contributed by atoms with Gasteiger partial charge < -0.3 is 15.0 Å². The summed E-state index contributed by atoms with van der Waals surface area (Å²) in [5.74, 6) is -0.578. The highest BCUT2D eigenvalue weighted by Crippen LogP contribution is 2.33. The fourth-order valence-electron chi connectivity index (χ4n) is 4.80. The fourth-order valence-corrected chi connectivity index (χ4v) is 6.35. The zero-order valence-electron chi connectivity index (χ0n) is 20.3. The van der Waals surface area contributed by atoms with E-state index in [0.29, 0.717) is 25.4 Å². The molecule has 0 saturated carbocycles. The maximum atomic E-state index is 13.3. The Kier molecular flexibility index (Phi) is 7.76. The SMILES string of the molecule is COc1ccc(S(=O)(=O)N2CCCCCC2)cc1NC(=O)[C@H]1CC(=O)N([C@@H](C)c2ccccc2)C1. The monoisotopic (exact) mass is 499 g/mol. The van der Waals surface area contributed by atoms with Crippen LogP contribution < -0.4 is 10.1 Å². The molecule has 188 valence electrons. The number of sulfonamides is 1. The lowest BCUT2D eigenvalue weighted by Crippen LogP contribution is -2.32. The summed E-state index contributed by atoms with van der Waals surface area (Å²) in [7, 11) is -2.21. The van der Waals surface area contributed by atoms with Crippen molar-refractivity contribution in [2.75, 3.05) is 32.1 Å². The Morgan fingerprint density at radius 3 is 2.40 bits per heavy atom. The number of nitrogens with one attached hydrogen (secondary N) is 1. The maximum Gasteiger partial charge on any atom is 0.243 e. The van der Waals surface area contributed by atoms with Crippen LogP contribution >= 0.6 is 0 Å². The van der Waals surface area contributed by atoms with Crippen LogP contribution in [0.1, 0.15) is 50.6 Å². The van der Waals surface area contributed by atoms with Gasteiger partial charge in [0, 0.05) is 26.1 Å². The van der Waals surface area contributed by atoms with Crippen LogP contribution in [0.15, 0.2) is 53.4 Å². The summed E-state index contributed by atoms with van der Waals surface area (Å²) in [5, 5.41) is 2.83. The predicted molar refractivity (Wildman–Crippen MR) is 134 cm³/mol. The first-order chi connectivity index (χ1) is 16.8. The Morgan fingerprint density at radius 1 is 1.06 bits per heavy atom. The van der Waals surface area contributed by atoms with Crippen LogP contribution in [0.4, 0.5) is 5.69 Å². The third kappa shape index (κ3) is 5.51. The van der Waals surface area contributed by atoms with Crippen LogP contribution in [0.5, 0.6) is 5.75 Å². The third-order valence-corrected chi connectivity index (χ3v) is 8.80. The van der Waals surface area contributed by atoms with E-state index >= 15 is 0 Å². The number of ether oxygens (including phenoxy) is 1. The minimum Gasteiger partial charge on any atom is -0.495 e. The summed E-state index contributed by atoms with van der Waals surface area (Å²) in [4.78, 5) is 27.7. The van der Waals surface area contributed by atoms with Crippen molar-refractivity contribution in [2.24, 2.45) is 5.92 Å². The van der Waals surface area contributed by atoms with E-state index in [1.807, 2.05) is 37.3 Å². The molecule has 0 aliphatic carbocycles. The van der Waals surface area contributed by atoms with Gasteiger partial charge in [0.05, 0.1) is 29.7 Å². The number of rotatable bonds is 7. The lowest BCUT2D eigenvalue weighted by Gasteiger charge is -2.25. The molecule has 4 rings (SSSR count). The molecule has 2 saturated heterocycles. The van der Waals surface area contributed by atoms with Crippen LogP contribution in [0.25, 0.3) is 0 Å². The highest BCUT2D eigenvalue weighted by molar-refractivity contribution is 7.89. The molecule has 0 aromatic heterocycles. The largest absolute Gasteiger partial charge is 0.495 e. The molecule has 0 bridgehead atoms. The van der Waals surface area contributed by atoms with E-state index in [-0.39, 0.29) is 34.9 Å². The number of carbonyl (C=O) groups excluding carboxylic acids is 2. The summed E-state index contributed by atoms with van der Waals surface area (Å²) in [6.45, 7) is 3.24. The second-order valence-corrected chi connectivity index (χ2v) is 11.1. The molecule has 0 unspecified atom stereocenters. The normalized spacial score (nSPS) is 20.3. The van der Waals surface area contributed by atoms with E-state index in [0.717, 1.165) is 31.2 Å². The molecule has 2 aromatic rings. The first kappa shape index (κ1) is 25.2. The second-order valence-electron chi connectivity index (χ2n) is 9.20. The van der Waals surface area contributed by atoms with Crippen LogP contribution in [0, 0.1) is 5.92 Å². The second kappa shape index (κ2) is 10.8. The number of methoxy groups -OCH3 is 1. The topological polar surface area (TPSA) is 96.0 Å². The molecule has 9 heteroatoms. The zero-order valence-corrected chi connectivity index (χ0v) is 21.1. The predicted octanol–water partition coefficient (Wildman–Crippen LogP) is 3.81. The number of anilines is 1. The highest BCUT2D eigenvalue weighted by atomic mass is 32.2. The summed E-state index contributed by atoms with van der Waals surface area (Å²) in [6, 6.07) is 14.1. The molecule has 2 aliphatic rings. The zero-order chi connectivity index (χ0) is 25.0. The minimum atomic E-state index is -3.68. The first-order valence-electron chi connectivity index (χ1n) is 12.1. The van der Waals surface area contributed by atoms with Gasteiger partial charge in [-0.05, 0) is 43.5 Å². The van der Waals surface area contributed by atoms with Gasteiger partial charge in [-0.3, -0.25) is 9.59 Å². The molecule has 2 atom stereocenters. The van der Waals surface area contributed by atoms with E-state index < -0.39 is 15.9 Å². The quantitative estimate of drug-likeness (QED) is 0.625. The molecule has 2 amide bonds. The number of likely N-dealkylation sites (tertiary alicyclic amines) is 1. The van der Waals surface area contributed by atoms with Crippen molar-refractivity contribution in [1.82, 2.24) is 9.21 Å². The van der Waals surface area contributed by atoms with Crippen LogP contribution in [-0.2, 0) is 19.6 Å². The van der Waals surface area contributed by atoms with Gasteiger partial charge in [-0.15, -0.1) is 0 Å². The van der Waals surface area contributed by atoms with Gasteiger partial charge in [0.15, 0.2) is 0 Å². The highest BCUT2D eigenvalue weighted by Gasteiger charge is 2.37. The Morgan fingerprint density at radius 2 is 1.74 bits per heavy atom. The number of hydrogen-bond acceptors (Lipinski definition) is 5. The summed E-state index contributed by atoms with van der Waals surface area (Å²) >= 11 is 0. The minimum absolute atomic E-state index is 0.0778. The molecule has 2 heterocycles. The summed E-state index contributed by atoms with van der Waals surface area (Å²) in [6.07, 6.45) is 3.84. The van der Waals surface area contributed by atoms with Gasteiger partial charge in [0.1, 0.15) is 5.75 Å². The molecule has 1 N–H and O–H groups in total. The average molecular weight is 500 g/mol. The van der Waals surface area contributed by atoms with Crippen molar-refractivity contribution in [1.29, 1.82) is 0 Å². The van der Waals surface area contributed by atoms with Gasteiger partial charge in [0.25, 0.3) is 0 Å². The fraction of sp³-hybridized carbons (Fsp3) is 0.462. The molecular formula is C26H33N3O5S. The number of amides is 2. The van der Waals surface area contributed by atoms with E-state index in [9.17, 15) is 18.0 Å². The molecule has 2 fully saturated rings. The van der Waals surface area contributed by atoms with Crippen molar-refractivity contribution in [3.05, 3.63) is 54.1 Å². The van der Waals surface area contributed by atoms with Gasteiger partial charge >= 0.3 is 0 Å². The standard InChI is InChI=1S/C26H33N3O5S/c1-19(20-10-6-5-7-11-20)29-18-21(16-25(29)30)26(31)27-23-17-22(12-13-24(23)34-2)35(32,33)28-14-8-3-4-9-15-28/h5-7,10-13,17,19,21H,3-4,8-9,14-16,18H2,1-2H3,(H,27,31)/t19-,21-/m0/s1. The molecular weight excluding hydrogens is 466 g/mol. The van der Waals surface area contributed by atoms with E-state index in [4.69, 9.17) is 4.74 Å². The third-order valence-electron chi connectivity index (χ3n) is 6.91. The Hall–Kier alpha value is -2.91. The van der Waals surface area contributed by atoms with Crippen molar-refractivity contribution in [3.63, 3.8) is 0 Å². The van der Waals surface area contributed by atoms with Crippen molar-refractivity contribution < 1.29 is 22.7 Å². The molecule has 2 aromatic carbocycles. The van der Waals surface area contributed by atoms with E-state index in [1.54, 1.807) is 11.0 Å². The smallest absolute Gasteiger partial charge is 0.243 e. The number of hydrogen-bond donors (Lipinski definition) is 1. The maximum absolute atomic E-state index is 13.3. The van der Waals surface area contributed by atoms with Crippen LogP contribution in [0.3, 0.4) is 0 Å². The van der Waals surface area contributed by atoms with E-state index in [2.05, 4.69) is 5.32 Å². The molecule has 2 aliphatic heterocycles. The van der Waals surface area contributed by atoms with Gasteiger partial charge in [0.2, 0.25) is 21.8 Å². The van der Waals surface area contributed by atoms with Crippen LogP contribution in [0.2, 0.25) is 0 Å². The van der Waals surface area contributed by atoms with Gasteiger partial charge in [-0.1, -0.05) is 43.2 Å².